The number of rotatable bonds is 4. The number of hydrogen-bond acceptors (Lipinski definition) is 6. The van der Waals surface area contributed by atoms with Crippen molar-refractivity contribution in [3.63, 3.8) is 0 Å². The summed E-state index contributed by atoms with van der Waals surface area (Å²) in [6.07, 6.45) is 0. The Morgan fingerprint density at radius 1 is 1.12 bits per heavy atom. The summed E-state index contributed by atoms with van der Waals surface area (Å²) >= 11 is 21.9. The Labute approximate surface area is 165 Å². The topological polar surface area (TPSA) is 136 Å². The lowest BCUT2D eigenvalue weighted by molar-refractivity contribution is -0.139. The van der Waals surface area contributed by atoms with E-state index in [1.165, 1.54) is 12.1 Å². The number of halogens is 5. The van der Waals surface area contributed by atoms with Crippen LogP contribution in [0.4, 0.5) is 10.1 Å². The van der Waals surface area contributed by atoms with Crippen LogP contribution >= 0.6 is 46.4 Å². The van der Waals surface area contributed by atoms with Crippen molar-refractivity contribution < 1.29 is 28.9 Å². The van der Waals surface area contributed by atoms with E-state index in [1.807, 2.05) is 0 Å². The zero-order valence-corrected chi connectivity index (χ0v) is 15.4. The van der Waals surface area contributed by atoms with E-state index in [2.05, 4.69) is 14.7 Å². The second-order valence-corrected chi connectivity index (χ2v) is 5.75. The van der Waals surface area contributed by atoms with Crippen LogP contribution in [0, 0.1) is 5.95 Å². The molecule has 0 bridgehead atoms. The van der Waals surface area contributed by atoms with Gasteiger partial charge in [-0.25, -0.2) is 14.6 Å². The van der Waals surface area contributed by atoms with Crippen molar-refractivity contribution in [2.24, 2.45) is 0 Å². The molecule has 0 fully saturated rings. The molecule has 0 spiro atoms. The molecule has 2 aromatic rings. The van der Waals surface area contributed by atoms with Crippen LogP contribution in [-0.4, -0.2) is 38.7 Å². The smallest absolute Gasteiger partial charge is 0.356 e. The number of carboxylic acid groups (broad SMARTS) is 2. The van der Waals surface area contributed by atoms with Gasteiger partial charge in [0.25, 0.3) is 0 Å². The highest BCUT2D eigenvalue weighted by atomic mass is 35.5. The summed E-state index contributed by atoms with van der Waals surface area (Å²) < 4.78 is 17.5. The number of pyridine rings is 2. The van der Waals surface area contributed by atoms with Crippen molar-refractivity contribution in [2.45, 2.75) is 0 Å². The molecule has 0 atom stereocenters. The fourth-order valence-corrected chi connectivity index (χ4v) is 2.01. The first-order chi connectivity index (χ1) is 12.0. The van der Waals surface area contributed by atoms with Crippen molar-refractivity contribution in [2.75, 3.05) is 12.3 Å². The third-order valence-corrected chi connectivity index (χ3v) is 3.63. The lowest BCUT2D eigenvalue weighted by Crippen LogP contribution is -2.11. The molecule has 26 heavy (non-hydrogen) atoms. The number of carboxylic acids is 2. The predicted molar refractivity (Wildman–Crippen MR) is 93.0 cm³/mol. The van der Waals surface area contributed by atoms with Gasteiger partial charge in [0.05, 0.1) is 10.7 Å². The Morgan fingerprint density at radius 2 is 1.73 bits per heavy atom. The molecule has 0 aliphatic rings. The molecule has 0 aromatic carbocycles. The van der Waals surface area contributed by atoms with Crippen LogP contribution in [-0.2, 0) is 4.79 Å². The Balaban J connectivity index is 0.000000273. The molecule has 0 saturated heterocycles. The zero-order chi connectivity index (χ0) is 20.0. The number of nitrogens with two attached hydrogens (primary N) is 1. The van der Waals surface area contributed by atoms with Gasteiger partial charge in [0, 0.05) is 0 Å². The summed E-state index contributed by atoms with van der Waals surface area (Å²) in [5.41, 5.74) is 4.85. The number of anilines is 1. The largest absolute Gasteiger partial charge is 0.479 e. The second kappa shape index (κ2) is 9.58. The van der Waals surface area contributed by atoms with Gasteiger partial charge in [-0.3, -0.25) is 0 Å². The van der Waals surface area contributed by atoms with Crippen molar-refractivity contribution in [3.05, 3.63) is 44.0 Å². The van der Waals surface area contributed by atoms with Crippen LogP contribution in [0.2, 0.25) is 20.2 Å². The third-order valence-electron chi connectivity index (χ3n) is 2.39. The minimum Gasteiger partial charge on any atom is -0.479 e. The average Bonchev–Trinajstić information content (AvgIpc) is 2.57. The summed E-state index contributed by atoms with van der Waals surface area (Å²) in [5.74, 6) is -3.91. The Bertz CT molecular complexity index is 853. The van der Waals surface area contributed by atoms with Crippen LogP contribution in [0.1, 0.15) is 10.5 Å². The van der Waals surface area contributed by atoms with E-state index in [0.29, 0.717) is 0 Å². The summed E-state index contributed by atoms with van der Waals surface area (Å²) in [7, 11) is 0. The van der Waals surface area contributed by atoms with Gasteiger partial charge < -0.3 is 20.7 Å². The first kappa shape index (κ1) is 22.0. The van der Waals surface area contributed by atoms with Gasteiger partial charge >= 0.3 is 11.9 Å². The molecule has 140 valence electrons. The molecule has 0 aliphatic carbocycles. The van der Waals surface area contributed by atoms with E-state index < -0.39 is 35.4 Å². The van der Waals surface area contributed by atoms with Crippen LogP contribution in [0.15, 0.2) is 12.1 Å². The molecule has 2 rings (SSSR count). The van der Waals surface area contributed by atoms with Gasteiger partial charge in [-0.1, -0.05) is 46.4 Å². The molecule has 13 heteroatoms. The molecule has 0 aliphatic heterocycles. The fourth-order valence-electron chi connectivity index (χ4n) is 1.30. The first-order valence-corrected chi connectivity index (χ1v) is 7.75. The lowest BCUT2D eigenvalue weighted by Gasteiger charge is -2.07. The van der Waals surface area contributed by atoms with Crippen LogP contribution < -0.4 is 10.5 Å². The van der Waals surface area contributed by atoms with Crippen LogP contribution in [0.25, 0.3) is 0 Å². The standard InChI is InChI=1S/C7H5Cl2FN2O3.C6H3Cl2NO2/c8-3-5(11)4(9)7(12-6(3)10)15-1-2(13)14;7-3-1-2-4(8)9-5(3)6(10)11/h1H2,(H2,11,12)(H,13,14);1-2H,(H,10,11). The normalized spacial score (nSPS) is 9.88. The molecule has 0 saturated carbocycles. The monoisotopic (exact) mass is 445 g/mol. The molecule has 2 aromatic heterocycles. The van der Waals surface area contributed by atoms with Gasteiger partial charge in [0.1, 0.15) is 15.2 Å². The van der Waals surface area contributed by atoms with Crippen molar-refractivity contribution in [3.8, 4) is 5.88 Å². The quantitative estimate of drug-likeness (QED) is 0.605. The highest BCUT2D eigenvalue weighted by molar-refractivity contribution is 6.39. The van der Waals surface area contributed by atoms with Crippen LogP contribution in [0.5, 0.6) is 5.88 Å². The zero-order valence-electron chi connectivity index (χ0n) is 12.3. The molecule has 0 amide bonds. The van der Waals surface area contributed by atoms with Gasteiger partial charge in [-0.2, -0.15) is 9.37 Å². The van der Waals surface area contributed by atoms with Gasteiger partial charge in [-0.05, 0) is 12.1 Å². The minimum atomic E-state index is -1.25. The number of aromatic carboxylic acids is 1. The second-order valence-electron chi connectivity index (χ2n) is 4.20. The summed E-state index contributed by atoms with van der Waals surface area (Å²) in [6, 6.07) is 2.82. The third kappa shape index (κ3) is 6.03. The maximum absolute atomic E-state index is 12.9. The number of aromatic nitrogens is 2. The maximum Gasteiger partial charge on any atom is 0.356 e. The van der Waals surface area contributed by atoms with Gasteiger partial charge in [0.15, 0.2) is 12.3 Å². The van der Waals surface area contributed by atoms with E-state index in [4.69, 9.17) is 62.4 Å². The van der Waals surface area contributed by atoms with E-state index in [0.717, 1.165) is 0 Å². The maximum atomic E-state index is 12.9. The molecule has 4 N–H and O–H groups in total. The summed E-state index contributed by atoms with van der Waals surface area (Å²) in [5, 5.41) is 16.4. The summed E-state index contributed by atoms with van der Waals surface area (Å²) in [4.78, 5) is 27.3. The highest BCUT2D eigenvalue weighted by Gasteiger charge is 2.17. The van der Waals surface area contributed by atoms with E-state index in [9.17, 15) is 14.0 Å². The fraction of sp³-hybridized carbons (Fsp3) is 0.0769. The average molecular weight is 447 g/mol. The van der Waals surface area contributed by atoms with Crippen molar-refractivity contribution in [1.29, 1.82) is 0 Å². The number of hydrogen-bond donors (Lipinski definition) is 3. The molecule has 0 unspecified atom stereocenters. The van der Waals surface area contributed by atoms with Gasteiger partial charge in [0.2, 0.25) is 11.8 Å². The number of nitrogens with zero attached hydrogens (tertiary/aromatic N) is 2. The Morgan fingerprint density at radius 3 is 2.23 bits per heavy atom. The highest BCUT2D eigenvalue weighted by Crippen LogP contribution is 2.35. The van der Waals surface area contributed by atoms with E-state index >= 15 is 0 Å². The number of aliphatic carboxylic acids is 1. The molecule has 0 radical (unpaired) electrons. The minimum absolute atomic E-state index is 0.0851. The van der Waals surface area contributed by atoms with E-state index in [-0.39, 0.29) is 26.6 Å². The van der Waals surface area contributed by atoms with Crippen molar-refractivity contribution in [1.82, 2.24) is 9.97 Å². The first-order valence-electron chi connectivity index (χ1n) is 6.24. The number of nitrogen functional groups attached to an aromatic ring is 1. The molecular weight excluding hydrogens is 439 g/mol. The SMILES string of the molecule is Nc1c(Cl)c(F)nc(OCC(=O)O)c1Cl.O=C(O)c1nc(Cl)ccc1Cl. The predicted octanol–water partition coefficient (Wildman–Crippen LogP) is 3.66. The molecule has 8 nitrogen and oxygen atoms in total. The molecular formula is C13H8Cl4FN3O5. The lowest BCUT2D eigenvalue weighted by atomic mass is 10.3. The number of ether oxygens (including phenoxy) is 1. The van der Waals surface area contributed by atoms with Gasteiger partial charge in [-0.15, -0.1) is 0 Å². The summed E-state index contributed by atoms with van der Waals surface area (Å²) in [6.45, 7) is -0.701. The van der Waals surface area contributed by atoms with Crippen molar-refractivity contribution >= 4 is 64.0 Å². The van der Waals surface area contributed by atoms with Crippen LogP contribution in [0.3, 0.4) is 0 Å². The Kier molecular flexibility index (Phi) is 8.09. The van der Waals surface area contributed by atoms with E-state index in [1.54, 1.807) is 0 Å². The Hall–Kier alpha value is -2.07. The number of carbonyl (C=O) groups is 2. The molecule has 2 heterocycles.